The maximum Gasteiger partial charge on any atom is 0.318 e. The van der Waals surface area contributed by atoms with Crippen LogP contribution in [0.2, 0.25) is 0 Å². The molecule has 0 aromatic heterocycles. The maximum atomic E-state index is 12.6. The van der Waals surface area contributed by atoms with E-state index in [0.717, 1.165) is 11.3 Å². The number of amides is 3. The fourth-order valence-electron chi connectivity index (χ4n) is 2.94. The summed E-state index contributed by atoms with van der Waals surface area (Å²) < 4.78 is 5.21. The standard InChI is InChI=1S/C20H31N3O3S/c1-14(2)22(19(25)21-20(3,4)5)11-12-23-17(24)13-27-18(23)15-7-9-16(26-6)10-8-15/h7-10,14,18H,11-13H2,1-6H3,(H,21,25)/t18-/m1/s1. The molecule has 0 spiro atoms. The van der Waals surface area contributed by atoms with Gasteiger partial charge >= 0.3 is 6.03 Å². The number of hydrogen-bond acceptors (Lipinski definition) is 4. The topological polar surface area (TPSA) is 61.9 Å². The minimum Gasteiger partial charge on any atom is -0.497 e. The first-order valence-electron chi connectivity index (χ1n) is 9.26. The van der Waals surface area contributed by atoms with Crippen molar-refractivity contribution in [3.63, 3.8) is 0 Å². The molecular weight excluding hydrogens is 362 g/mol. The molecule has 2 rings (SSSR count). The Morgan fingerprint density at radius 1 is 1.33 bits per heavy atom. The summed E-state index contributed by atoms with van der Waals surface area (Å²) >= 11 is 1.62. The van der Waals surface area contributed by atoms with Crippen LogP contribution in [0.15, 0.2) is 24.3 Å². The molecule has 1 aliphatic heterocycles. The number of methoxy groups -OCH3 is 1. The predicted octanol–water partition coefficient (Wildman–Crippen LogP) is 3.49. The second-order valence-corrected chi connectivity index (χ2v) is 9.06. The lowest BCUT2D eigenvalue weighted by Gasteiger charge is -2.33. The van der Waals surface area contributed by atoms with Crippen LogP contribution in [0.25, 0.3) is 0 Å². The Labute approximate surface area is 166 Å². The van der Waals surface area contributed by atoms with Crippen molar-refractivity contribution >= 4 is 23.7 Å². The van der Waals surface area contributed by atoms with Crippen LogP contribution in [0, 0.1) is 0 Å². The van der Waals surface area contributed by atoms with Gasteiger partial charge in [0.1, 0.15) is 11.1 Å². The molecule has 0 aliphatic carbocycles. The van der Waals surface area contributed by atoms with Gasteiger partial charge in [-0.05, 0) is 52.3 Å². The fraction of sp³-hybridized carbons (Fsp3) is 0.600. The number of thioether (sulfide) groups is 1. The minimum atomic E-state index is -0.296. The molecule has 150 valence electrons. The van der Waals surface area contributed by atoms with Gasteiger partial charge in [-0.3, -0.25) is 4.79 Å². The zero-order chi connectivity index (χ0) is 20.2. The third-order valence-corrected chi connectivity index (χ3v) is 5.57. The first-order chi connectivity index (χ1) is 12.6. The van der Waals surface area contributed by atoms with Crippen molar-refractivity contribution in [1.82, 2.24) is 15.1 Å². The van der Waals surface area contributed by atoms with E-state index in [1.807, 2.05) is 63.8 Å². The molecule has 1 saturated heterocycles. The largest absolute Gasteiger partial charge is 0.497 e. The summed E-state index contributed by atoms with van der Waals surface area (Å²) in [6.07, 6.45) is 0. The van der Waals surface area contributed by atoms with Gasteiger partial charge in [0.05, 0.1) is 12.9 Å². The van der Waals surface area contributed by atoms with Gasteiger partial charge in [-0.1, -0.05) is 12.1 Å². The number of rotatable bonds is 6. The number of nitrogens with one attached hydrogen (secondary N) is 1. The van der Waals surface area contributed by atoms with Crippen LogP contribution < -0.4 is 10.1 Å². The molecule has 3 amide bonds. The number of hydrogen-bond donors (Lipinski definition) is 1. The lowest BCUT2D eigenvalue weighted by Crippen LogP contribution is -2.52. The lowest BCUT2D eigenvalue weighted by molar-refractivity contribution is -0.128. The fourth-order valence-corrected chi connectivity index (χ4v) is 4.16. The number of carbonyl (C=O) groups is 2. The minimum absolute atomic E-state index is 0.0249. The summed E-state index contributed by atoms with van der Waals surface area (Å²) in [6.45, 7) is 10.9. The van der Waals surface area contributed by atoms with Crippen LogP contribution in [0.3, 0.4) is 0 Å². The van der Waals surface area contributed by atoms with E-state index in [4.69, 9.17) is 4.74 Å². The van der Waals surface area contributed by atoms with Gasteiger partial charge in [-0.2, -0.15) is 0 Å². The van der Waals surface area contributed by atoms with Crippen molar-refractivity contribution in [1.29, 1.82) is 0 Å². The van der Waals surface area contributed by atoms with Crippen LogP contribution in [-0.4, -0.2) is 59.3 Å². The number of benzene rings is 1. The Morgan fingerprint density at radius 3 is 2.48 bits per heavy atom. The Kier molecular flexibility index (Phi) is 7.03. The average molecular weight is 394 g/mol. The molecule has 1 N–H and O–H groups in total. The van der Waals surface area contributed by atoms with E-state index in [2.05, 4.69) is 5.32 Å². The van der Waals surface area contributed by atoms with Gasteiger partial charge in [-0.15, -0.1) is 11.8 Å². The van der Waals surface area contributed by atoms with E-state index >= 15 is 0 Å². The average Bonchev–Trinajstić information content (AvgIpc) is 2.94. The van der Waals surface area contributed by atoms with E-state index in [0.29, 0.717) is 18.8 Å². The van der Waals surface area contributed by atoms with E-state index in [-0.39, 0.29) is 28.9 Å². The van der Waals surface area contributed by atoms with Crippen molar-refractivity contribution in [3.8, 4) is 5.75 Å². The molecule has 0 saturated carbocycles. The summed E-state index contributed by atoms with van der Waals surface area (Å²) in [6, 6.07) is 7.76. The first kappa shape index (κ1) is 21.4. The van der Waals surface area contributed by atoms with E-state index in [1.54, 1.807) is 23.8 Å². The van der Waals surface area contributed by atoms with Crippen molar-refractivity contribution in [3.05, 3.63) is 29.8 Å². The summed E-state index contributed by atoms with van der Waals surface area (Å²) in [5, 5.41) is 2.98. The molecule has 1 aliphatic rings. The van der Waals surface area contributed by atoms with Crippen molar-refractivity contribution < 1.29 is 14.3 Å². The highest BCUT2D eigenvalue weighted by atomic mass is 32.2. The van der Waals surface area contributed by atoms with Crippen LogP contribution in [0.4, 0.5) is 4.79 Å². The Balaban J connectivity index is 2.07. The quantitative estimate of drug-likeness (QED) is 0.804. The molecule has 7 heteroatoms. The van der Waals surface area contributed by atoms with Crippen molar-refractivity contribution in [2.45, 2.75) is 51.6 Å². The molecule has 1 fully saturated rings. The highest BCUT2D eigenvalue weighted by molar-refractivity contribution is 8.00. The zero-order valence-corrected chi connectivity index (χ0v) is 17.9. The summed E-state index contributed by atoms with van der Waals surface area (Å²) in [4.78, 5) is 28.7. The van der Waals surface area contributed by atoms with E-state index in [1.165, 1.54) is 0 Å². The van der Waals surface area contributed by atoms with Crippen LogP contribution in [0.1, 0.15) is 45.6 Å². The summed E-state index contributed by atoms with van der Waals surface area (Å²) in [7, 11) is 1.64. The Bertz CT molecular complexity index is 655. The molecule has 6 nitrogen and oxygen atoms in total. The lowest BCUT2D eigenvalue weighted by atomic mass is 10.1. The Hall–Kier alpha value is -1.89. The predicted molar refractivity (Wildman–Crippen MR) is 110 cm³/mol. The van der Waals surface area contributed by atoms with E-state index in [9.17, 15) is 9.59 Å². The first-order valence-corrected chi connectivity index (χ1v) is 10.3. The molecule has 0 bridgehead atoms. The third-order valence-electron chi connectivity index (χ3n) is 4.32. The summed E-state index contributed by atoms with van der Waals surface area (Å²) in [5.74, 6) is 1.37. The normalized spacial score (nSPS) is 17.4. The molecule has 0 radical (unpaired) electrons. The molecule has 0 unspecified atom stereocenters. The molecule has 27 heavy (non-hydrogen) atoms. The SMILES string of the molecule is COc1ccc([C@H]2SCC(=O)N2CCN(C(=O)NC(C)(C)C)C(C)C)cc1. The van der Waals surface area contributed by atoms with Gasteiger partial charge in [0.2, 0.25) is 5.91 Å². The third kappa shape index (κ3) is 5.79. The smallest absolute Gasteiger partial charge is 0.318 e. The second kappa shape index (κ2) is 8.87. The van der Waals surface area contributed by atoms with Crippen LogP contribution in [-0.2, 0) is 4.79 Å². The van der Waals surface area contributed by atoms with Crippen LogP contribution >= 0.6 is 11.8 Å². The Morgan fingerprint density at radius 2 is 1.96 bits per heavy atom. The van der Waals surface area contributed by atoms with Gasteiger partial charge in [0.25, 0.3) is 0 Å². The number of urea groups is 1. The van der Waals surface area contributed by atoms with Crippen molar-refractivity contribution in [2.24, 2.45) is 0 Å². The van der Waals surface area contributed by atoms with Crippen molar-refractivity contribution in [2.75, 3.05) is 26.0 Å². The van der Waals surface area contributed by atoms with Gasteiger partial charge in [-0.25, -0.2) is 4.79 Å². The number of carbonyl (C=O) groups excluding carboxylic acids is 2. The van der Waals surface area contributed by atoms with Gasteiger partial charge in [0, 0.05) is 24.7 Å². The highest BCUT2D eigenvalue weighted by Gasteiger charge is 2.33. The van der Waals surface area contributed by atoms with E-state index < -0.39 is 0 Å². The van der Waals surface area contributed by atoms with Crippen LogP contribution in [0.5, 0.6) is 5.75 Å². The highest BCUT2D eigenvalue weighted by Crippen LogP contribution is 2.38. The molecule has 1 aromatic carbocycles. The van der Waals surface area contributed by atoms with Gasteiger partial charge < -0.3 is 19.9 Å². The zero-order valence-electron chi connectivity index (χ0n) is 17.1. The summed E-state index contributed by atoms with van der Waals surface area (Å²) in [5.41, 5.74) is 0.775. The molecule has 1 aromatic rings. The maximum absolute atomic E-state index is 12.6. The molecular formula is C20H31N3O3S. The number of nitrogens with zero attached hydrogens (tertiary/aromatic N) is 2. The number of ether oxygens (including phenoxy) is 1. The monoisotopic (exact) mass is 393 g/mol. The van der Waals surface area contributed by atoms with Gasteiger partial charge in [0.15, 0.2) is 0 Å². The second-order valence-electron chi connectivity index (χ2n) is 7.99. The molecule has 1 atom stereocenters. The molecule has 1 heterocycles.